The number of benzene rings is 1. The summed E-state index contributed by atoms with van der Waals surface area (Å²) in [5, 5.41) is 6.91. The van der Waals surface area contributed by atoms with Gasteiger partial charge in [-0.3, -0.25) is 19.5 Å². The van der Waals surface area contributed by atoms with Crippen LogP contribution in [0.4, 0.5) is 5.95 Å². The molecule has 1 aliphatic carbocycles. The lowest BCUT2D eigenvalue weighted by Crippen LogP contribution is -2.37. The predicted octanol–water partition coefficient (Wildman–Crippen LogP) is 3.44. The third-order valence-corrected chi connectivity index (χ3v) is 6.64. The van der Waals surface area contributed by atoms with E-state index < -0.39 is 0 Å². The van der Waals surface area contributed by atoms with E-state index in [0.29, 0.717) is 36.7 Å². The lowest BCUT2D eigenvalue weighted by Gasteiger charge is -2.17. The summed E-state index contributed by atoms with van der Waals surface area (Å²) in [6.45, 7) is 7.24. The molecule has 1 fully saturated rings. The molecule has 0 spiro atoms. The van der Waals surface area contributed by atoms with Crippen molar-refractivity contribution >= 4 is 28.8 Å². The molecule has 2 aliphatic rings. The molecule has 3 heterocycles. The second-order valence-electron chi connectivity index (χ2n) is 9.55. The molecule has 8 heteroatoms. The molecule has 1 saturated heterocycles. The fourth-order valence-corrected chi connectivity index (χ4v) is 4.76. The number of pyridine rings is 1. The molecular weight excluding hydrogens is 452 g/mol. The van der Waals surface area contributed by atoms with Crippen LogP contribution in [-0.4, -0.2) is 57.4 Å². The Kier molecular flexibility index (Phi) is 6.95. The third-order valence-electron chi connectivity index (χ3n) is 6.64. The monoisotopic (exact) mass is 484 g/mol. The van der Waals surface area contributed by atoms with Crippen LogP contribution in [0, 0.1) is 12.8 Å². The van der Waals surface area contributed by atoms with E-state index in [4.69, 9.17) is 4.98 Å². The molecular formula is C28H32N6O2. The molecule has 8 nitrogen and oxygen atoms in total. The van der Waals surface area contributed by atoms with E-state index in [9.17, 15) is 9.59 Å². The maximum atomic E-state index is 12.5. The first-order valence-corrected chi connectivity index (χ1v) is 12.6. The van der Waals surface area contributed by atoms with Crippen LogP contribution in [0.15, 0.2) is 65.8 Å². The summed E-state index contributed by atoms with van der Waals surface area (Å²) >= 11 is 0. The number of nitrogens with one attached hydrogen (secondary N) is 2. The van der Waals surface area contributed by atoms with Gasteiger partial charge in [0.15, 0.2) is 0 Å². The van der Waals surface area contributed by atoms with Crippen LogP contribution < -0.4 is 10.6 Å². The average Bonchev–Trinajstić information content (AvgIpc) is 3.35. The fourth-order valence-electron chi connectivity index (χ4n) is 4.76. The van der Waals surface area contributed by atoms with E-state index in [1.165, 1.54) is 4.90 Å². The first-order valence-electron chi connectivity index (χ1n) is 12.6. The number of rotatable bonds is 10. The van der Waals surface area contributed by atoms with Crippen molar-refractivity contribution in [2.24, 2.45) is 5.92 Å². The summed E-state index contributed by atoms with van der Waals surface area (Å²) in [4.78, 5) is 35.9. The van der Waals surface area contributed by atoms with Gasteiger partial charge in [-0.15, -0.1) is 0 Å². The van der Waals surface area contributed by atoms with Gasteiger partial charge in [-0.25, -0.2) is 4.98 Å². The number of hydrogen-bond donors (Lipinski definition) is 2. The van der Waals surface area contributed by atoms with Crippen molar-refractivity contribution in [3.63, 3.8) is 0 Å². The first-order chi connectivity index (χ1) is 17.5. The number of amides is 2. The highest BCUT2D eigenvalue weighted by Gasteiger charge is 2.38. The van der Waals surface area contributed by atoms with Crippen molar-refractivity contribution in [3.05, 3.63) is 77.2 Å². The molecule has 0 radical (unpaired) electrons. The number of anilines is 1. The van der Waals surface area contributed by atoms with Gasteiger partial charge < -0.3 is 15.2 Å². The number of carbonyl (C=O) groups is 2. The molecule has 186 valence electrons. The van der Waals surface area contributed by atoms with Crippen LogP contribution in [-0.2, 0) is 16.1 Å². The number of fused-ring (bicyclic) bond motifs is 2. The van der Waals surface area contributed by atoms with E-state index >= 15 is 0 Å². The van der Waals surface area contributed by atoms with Gasteiger partial charge in [0.2, 0.25) is 5.95 Å². The Labute approximate surface area is 211 Å². The Morgan fingerprint density at radius 2 is 1.69 bits per heavy atom. The molecule has 1 atom stereocenters. The van der Waals surface area contributed by atoms with E-state index in [-0.39, 0.29) is 11.8 Å². The van der Waals surface area contributed by atoms with Gasteiger partial charge in [-0.2, -0.15) is 0 Å². The van der Waals surface area contributed by atoms with Crippen molar-refractivity contribution in [2.45, 2.75) is 33.2 Å². The summed E-state index contributed by atoms with van der Waals surface area (Å²) < 4.78 is 2.17. The van der Waals surface area contributed by atoms with Gasteiger partial charge in [0.05, 0.1) is 23.3 Å². The number of carbonyl (C=O) groups excluding carboxylic acids is 2. The average molecular weight is 485 g/mol. The summed E-state index contributed by atoms with van der Waals surface area (Å²) in [7, 11) is 0. The smallest absolute Gasteiger partial charge is 0.261 e. The highest BCUT2D eigenvalue weighted by Crippen LogP contribution is 2.29. The highest BCUT2D eigenvalue weighted by atomic mass is 16.2. The van der Waals surface area contributed by atoms with Crippen LogP contribution in [0.5, 0.6) is 0 Å². The van der Waals surface area contributed by atoms with Crippen LogP contribution >= 0.6 is 0 Å². The third kappa shape index (κ3) is 4.95. The van der Waals surface area contributed by atoms with Gasteiger partial charge in [0, 0.05) is 36.5 Å². The Morgan fingerprint density at radius 3 is 2.44 bits per heavy atom. The zero-order chi connectivity index (χ0) is 25.1. The minimum absolute atomic E-state index is 0.163. The van der Waals surface area contributed by atoms with E-state index in [2.05, 4.69) is 33.2 Å². The molecule has 1 unspecified atom stereocenters. The summed E-state index contributed by atoms with van der Waals surface area (Å²) in [6, 6.07) is 14.2. The largest absolute Gasteiger partial charge is 0.355 e. The van der Waals surface area contributed by atoms with Crippen molar-refractivity contribution in [3.8, 4) is 0 Å². The van der Waals surface area contributed by atoms with Crippen molar-refractivity contribution in [1.82, 2.24) is 24.8 Å². The lowest BCUT2D eigenvalue weighted by atomic mass is 10.0. The van der Waals surface area contributed by atoms with Crippen LogP contribution in [0.25, 0.3) is 11.0 Å². The normalized spacial score (nSPS) is 16.2. The Bertz CT molecular complexity index is 1320. The van der Waals surface area contributed by atoms with Crippen LogP contribution in [0.1, 0.15) is 31.2 Å². The molecule has 2 N–H and O–H groups in total. The minimum atomic E-state index is -0.163. The molecule has 1 aromatic carbocycles. The Hall–Kier alpha value is -3.78. The second-order valence-corrected chi connectivity index (χ2v) is 9.55. The van der Waals surface area contributed by atoms with Gasteiger partial charge >= 0.3 is 0 Å². The number of para-hydroxylation sites is 2. The number of imide groups is 1. The maximum absolute atomic E-state index is 12.5. The highest BCUT2D eigenvalue weighted by molar-refractivity contribution is 6.24. The van der Waals surface area contributed by atoms with Gasteiger partial charge in [0.1, 0.15) is 0 Å². The molecule has 0 bridgehead atoms. The molecule has 2 amide bonds. The SMILES string of the molecule is Cc1cccc(Cn2c(NCC(C)CNCCN3C(=O)C4=CCCC=C4C3=O)nc3ccccc32)n1. The van der Waals surface area contributed by atoms with E-state index in [1.54, 1.807) is 0 Å². The molecule has 1 aliphatic heterocycles. The number of aromatic nitrogens is 3. The summed E-state index contributed by atoms with van der Waals surface area (Å²) in [5.74, 6) is 0.811. The van der Waals surface area contributed by atoms with Gasteiger partial charge in [-0.1, -0.05) is 37.3 Å². The molecule has 0 saturated carbocycles. The number of imidazole rings is 1. The zero-order valence-corrected chi connectivity index (χ0v) is 20.8. The number of aryl methyl sites for hydroxylation is 1. The van der Waals surface area contributed by atoms with Crippen LogP contribution in [0.3, 0.4) is 0 Å². The lowest BCUT2D eigenvalue weighted by molar-refractivity contribution is -0.136. The number of nitrogens with zero attached hydrogens (tertiary/aromatic N) is 4. The van der Waals surface area contributed by atoms with Crippen molar-refractivity contribution in [2.75, 3.05) is 31.5 Å². The van der Waals surface area contributed by atoms with Crippen molar-refractivity contribution in [1.29, 1.82) is 0 Å². The standard InChI is InChI=1S/C28H32N6O2/c1-19(16-29-14-15-33-26(35)22-10-3-4-11-23(22)27(33)36)17-30-28-32-24-12-5-6-13-25(24)34(28)18-21-9-7-8-20(2)31-21/h5-13,19,29H,3-4,14-18H2,1-2H3,(H,30,32). The summed E-state index contributed by atoms with van der Waals surface area (Å²) in [6.07, 6.45) is 5.42. The quantitative estimate of drug-likeness (QED) is 0.338. The first kappa shape index (κ1) is 23.9. The summed E-state index contributed by atoms with van der Waals surface area (Å²) in [5.41, 5.74) is 5.16. The molecule has 3 aromatic rings. The fraction of sp³-hybridized carbons (Fsp3) is 0.357. The molecule has 5 rings (SSSR count). The maximum Gasteiger partial charge on any atom is 0.261 e. The van der Waals surface area contributed by atoms with E-state index in [1.807, 2.05) is 55.5 Å². The predicted molar refractivity (Wildman–Crippen MR) is 140 cm³/mol. The van der Waals surface area contributed by atoms with Crippen molar-refractivity contribution < 1.29 is 9.59 Å². The second kappa shape index (κ2) is 10.5. The Balaban J connectivity index is 1.15. The molecule has 36 heavy (non-hydrogen) atoms. The minimum Gasteiger partial charge on any atom is -0.355 e. The van der Waals surface area contributed by atoms with E-state index in [0.717, 1.165) is 54.3 Å². The zero-order valence-electron chi connectivity index (χ0n) is 20.8. The van der Waals surface area contributed by atoms with Crippen LogP contribution in [0.2, 0.25) is 0 Å². The Morgan fingerprint density at radius 1 is 0.944 bits per heavy atom. The number of likely N-dealkylation sites (tertiary alicyclic amines) is 1. The van der Waals surface area contributed by atoms with Gasteiger partial charge in [0.25, 0.3) is 11.8 Å². The van der Waals surface area contributed by atoms with Gasteiger partial charge in [-0.05, 0) is 56.5 Å². The topological polar surface area (TPSA) is 92.2 Å². The number of allylic oxidation sites excluding steroid dienone is 2. The molecule has 2 aromatic heterocycles. The number of hydrogen-bond acceptors (Lipinski definition) is 6.